The first-order chi connectivity index (χ1) is 18.6. The van der Waals surface area contributed by atoms with Gasteiger partial charge < -0.3 is 15.2 Å². The number of unbranched alkanes of at least 4 members (excludes halogenated alkanes) is 19. The van der Waals surface area contributed by atoms with Crippen LogP contribution < -0.4 is 5.73 Å². The number of carbonyl (C=O) groups is 2. The lowest BCUT2D eigenvalue weighted by atomic mass is 10.0. The minimum atomic E-state index is -0.729. The number of ether oxygens (including phenoxy) is 2. The molecule has 0 spiro atoms. The third-order valence-corrected chi connectivity index (χ3v) is 7.12. The molecule has 0 unspecified atom stereocenters. The van der Waals surface area contributed by atoms with Crippen LogP contribution in [-0.4, -0.2) is 37.8 Å². The second-order valence-electron chi connectivity index (χ2n) is 10.5. The molecule has 0 saturated heterocycles. The Kier molecular flexibility index (Phi) is 29.7. The number of rotatable bonds is 30. The third kappa shape index (κ3) is 28.0. The average molecular weight is 560 g/mol. The second kappa shape index (κ2) is 30.5. The Morgan fingerprint density at radius 1 is 0.605 bits per heavy atom. The Balaban J connectivity index is 3.74. The van der Waals surface area contributed by atoms with Crippen molar-refractivity contribution in [3.63, 3.8) is 0 Å². The van der Waals surface area contributed by atoms with Crippen LogP contribution in [-0.2, 0) is 28.2 Å². The lowest BCUT2D eigenvalue weighted by Gasteiger charge is -2.16. The Bertz CT molecular complexity index is 549. The maximum atomic E-state index is 12.2. The summed E-state index contributed by atoms with van der Waals surface area (Å²) in [4.78, 5) is 24.2. The van der Waals surface area contributed by atoms with Crippen molar-refractivity contribution < 1.29 is 28.2 Å². The van der Waals surface area contributed by atoms with Gasteiger partial charge in [-0.1, -0.05) is 122 Å². The highest BCUT2D eigenvalue weighted by Gasteiger charge is 2.17. The van der Waals surface area contributed by atoms with Crippen LogP contribution in [0.2, 0.25) is 0 Å². The molecule has 0 bridgehead atoms. The van der Waals surface area contributed by atoms with E-state index in [9.17, 15) is 14.2 Å². The summed E-state index contributed by atoms with van der Waals surface area (Å²) in [6.07, 6.45) is 25.0. The minimum absolute atomic E-state index is 0.0597. The van der Waals surface area contributed by atoms with E-state index in [1.165, 1.54) is 89.9 Å². The van der Waals surface area contributed by atoms with Crippen LogP contribution in [0.25, 0.3) is 0 Å². The molecule has 0 saturated carbocycles. The molecule has 0 aliphatic rings. The number of hydrogen-bond acceptors (Lipinski definition) is 7. The molecule has 0 fully saturated rings. The van der Waals surface area contributed by atoms with E-state index in [2.05, 4.69) is 6.92 Å². The zero-order valence-corrected chi connectivity index (χ0v) is 25.3. The van der Waals surface area contributed by atoms with E-state index < -0.39 is 14.8 Å². The van der Waals surface area contributed by atoms with Crippen LogP contribution >= 0.6 is 8.69 Å². The molecule has 7 nitrogen and oxygen atoms in total. The van der Waals surface area contributed by atoms with E-state index in [0.29, 0.717) is 12.8 Å². The SMILES string of the molecule is CCCCCCCCCCC(=O)O[C@@H](COP=O)COC(=O)CCCCCCCCCCCCCCCN. The van der Waals surface area contributed by atoms with Crippen molar-refractivity contribution in [1.82, 2.24) is 0 Å². The van der Waals surface area contributed by atoms with Gasteiger partial charge in [0.15, 0.2) is 6.10 Å². The van der Waals surface area contributed by atoms with Crippen LogP contribution in [0.1, 0.15) is 155 Å². The topological polar surface area (TPSA) is 105 Å². The standard InChI is InChI=1S/C30H58NO6P/c1-2-3-4-5-6-14-18-21-24-30(33)37-28(27-36-38-34)26-35-29(32)23-20-17-15-12-10-8-7-9-11-13-16-19-22-25-31/h28H,2-27,31H2,1H3/t28-/m1/s1. The lowest BCUT2D eigenvalue weighted by Crippen LogP contribution is -2.28. The smallest absolute Gasteiger partial charge is 0.327 e. The van der Waals surface area contributed by atoms with E-state index in [-0.39, 0.29) is 25.2 Å². The highest BCUT2D eigenvalue weighted by molar-refractivity contribution is 7.17. The summed E-state index contributed by atoms with van der Waals surface area (Å²) in [5.74, 6) is -0.619. The fourth-order valence-corrected chi connectivity index (χ4v) is 4.72. The van der Waals surface area contributed by atoms with Gasteiger partial charge in [-0.2, -0.15) is 0 Å². The number of carbonyl (C=O) groups excluding carboxylic acids is 2. The summed E-state index contributed by atoms with van der Waals surface area (Å²) in [6.45, 7) is 2.90. The van der Waals surface area contributed by atoms with Gasteiger partial charge in [-0.25, -0.2) is 4.57 Å². The van der Waals surface area contributed by atoms with Crippen LogP contribution in [0.3, 0.4) is 0 Å². The summed E-state index contributed by atoms with van der Waals surface area (Å²) in [7, 11) is -0.485. The summed E-state index contributed by atoms with van der Waals surface area (Å²) in [5.41, 5.74) is 5.51. The number of hydrogen-bond donors (Lipinski definition) is 1. The molecule has 0 rings (SSSR count). The van der Waals surface area contributed by atoms with E-state index >= 15 is 0 Å². The van der Waals surface area contributed by atoms with Crippen molar-refractivity contribution in [3.05, 3.63) is 0 Å². The Morgan fingerprint density at radius 3 is 1.47 bits per heavy atom. The fourth-order valence-electron chi connectivity index (χ4n) is 4.49. The zero-order chi connectivity index (χ0) is 27.9. The first-order valence-corrected chi connectivity index (χ1v) is 16.4. The molecule has 0 radical (unpaired) electrons. The van der Waals surface area contributed by atoms with E-state index in [1.54, 1.807) is 0 Å². The molecule has 0 aliphatic carbocycles. The van der Waals surface area contributed by atoms with Gasteiger partial charge in [0.05, 0.1) is 0 Å². The monoisotopic (exact) mass is 559 g/mol. The Morgan fingerprint density at radius 2 is 1.03 bits per heavy atom. The molecule has 0 aliphatic heterocycles. The van der Waals surface area contributed by atoms with Crippen LogP contribution in [0.15, 0.2) is 0 Å². The van der Waals surface area contributed by atoms with Gasteiger partial charge >= 0.3 is 20.6 Å². The molecule has 1 atom stereocenters. The molecule has 38 heavy (non-hydrogen) atoms. The van der Waals surface area contributed by atoms with Gasteiger partial charge in [-0.15, -0.1) is 0 Å². The van der Waals surface area contributed by atoms with Crippen LogP contribution in [0, 0.1) is 0 Å². The zero-order valence-electron chi connectivity index (χ0n) is 24.4. The van der Waals surface area contributed by atoms with Crippen molar-refractivity contribution in [1.29, 1.82) is 0 Å². The summed E-state index contributed by atoms with van der Waals surface area (Å²) in [5, 5.41) is 0. The van der Waals surface area contributed by atoms with Crippen molar-refractivity contribution in [2.45, 2.75) is 161 Å². The normalized spacial score (nSPS) is 12.1. The van der Waals surface area contributed by atoms with E-state index in [0.717, 1.165) is 51.5 Å². The largest absolute Gasteiger partial charge is 0.462 e. The molecule has 8 heteroatoms. The van der Waals surface area contributed by atoms with E-state index in [4.69, 9.17) is 19.7 Å². The Hall–Kier alpha value is -1.04. The van der Waals surface area contributed by atoms with Crippen molar-refractivity contribution in [3.8, 4) is 0 Å². The summed E-state index contributed by atoms with van der Waals surface area (Å²) >= 11 is 0. The predicted octanol–water partition coefficient (Wildman–Crippen LogP) is 8.62. The highest BCUT2D eigenvalue weighted by atomic mass is 31.1. The highest BCUT2D eigenvalue weighted by Crippen LogP contribution is 2.14. The van der Waals surface area contributed by atoms with Crippen LogP contribution in [0.4, 0.5) is 0 Å². The van der Waals surface area contributed by atoms with Crippen LogP contribution in [0.5, 0.6) is 0 Å². The molecule has 0 heterocycles. The van der Waals surface area contributed by atoms with Gasteiger partial charge in [0.2, 0.25) is 0 Å². The van der Waals surface area contributed by atoms with Crippen molar-refractivity contribution in [2.24, 2.45) is 5.73 Å². The van der Waals surface area contributed by atoms with Gasteiger partial charge in [0.1, 0.15) is 13.2 Å². The molecule has 0 aromatic carbocycles. The predicted molar refractivity (Wildman–Crippen MR) is 155 cm³/mol. The number of esters is 2. The first-order valence-electron chi connectivity index (χ1n) is 15.6. The van der Waals surface area contributed by atoms with Crippen molar-refractivity contribution in [2.75, 3.05) is 19.8 Å². The third-order valence-electron chi connectivity index (χ3n) is 6.86. The minimum Gasteiger partial charge on any atom is -0.462 e. The second-order valence-corrected chi connectivity index (χ2v) is 10.9. The molecule has 2 N–H and O–H groups in total. The molecular weight excluding hydrogens is 501 g/mol. The van der Waals surface area contributed by atoms with Gasteiger partial charge in [0, 0.05) is 12.8 Å². The van der Waals surface area contributed by atoms with Crippen molar-refractivity contribution >= 4 is 20.6 Å². The molecule has 0 aromatic heterocycles. The molecular formula is C30H58NO6P. The Labute approximate surface area is 235 Å². The van der Waals surface area contributed by atoms with Gasteiger partial charge in [0.25, 0.3) is 0 Å². The lowest BCUT2D eigenvalue weighted by molar-refractivity contribution is -0.160. The summed E-state index contributed by atoms with van der Waals surface area (Å²) < 4.78 is 26.2. The number of nitrogens with two attached hydrogens (primary N) is 1. The maximum Gasteiger partial charge on any atom is 0.327 e. The average Bonchev–Trinajstić information content (AvgIpc) is 2.91. The first kappa shape index (κ1) is 37.0. The quantitative estimate of drug-likeness (QED) is 0.0533. The van der Waals surface area contributed by atoms with Gasteiger partial charge in [-0.3, -0.25) is 14.1 Å². The molecule has 0 amide bonds. The fraction of sp³-hybridized carbons (Fsp3) is 0.933. The van der Waals surface area contributed by atoms with Gasteiger partial charge in [-0.05, 0) is 25.8 Å². The molecule has 0 aromatic rings. The maximum absolute atomic E-state index is 12.2. The van der Waals surface area contributed by atoms with E-state index in [1.807, 2.05) is 0 Å². The summed E-state index contributed by atoms with van der Waals surface area (Å²) in [6, 6.07) is 0. The molecule has 224 valence electrons.